The monoisotopic (exact) mass is 287 g/mol. The molecule has 6 nitrogen and oxygen atoms in total. The minimum absolute atomic E-state index is 0.135. The summed E-state index contributed by atoms with van der Waals surface area (Å²) < 4.78 is 14.9. The number of hydrogen-bond donors (Lipinski definition) is 1. The fourth-order valence-corrected chi connectivity index (χ4v) is 1.61. The van der Waals surface area contributed by atoms with E-state index in [0.717, 1.165) is 0 Å². The predicted molar refractivity (Wildman–Crippen MR) is 68.6 cm³/mol. The summed E-state index contributed by atoms with van der Waals surface area (Å²) in [6.07, 6.45) is -1.03. The Kier molecular flexibility index (Phi) is 5.00. The van der Waals surface area contributed by atoms with Gasteiger partial charge in [-0.1, -0.05) is 11.6 Å². The van der Waals surface area contributed by atoms with Gasteiger partial charge in [0.05, 0.1) is 24.8 Å². The predicted octanol–water partition coefficient (Wildman–Crippen LogP) is 1.39. The highest BCUT2D eigenvalue weighted by atomic mass is 35.5. The molecule has 1 atom stereocenters. The van der Waals surface area contributed by atoms with Crippen LogP contribution in [0.4, 0.5) is 0 Å². The number of esters is 1. The summed E-state index contributed by atoms with van der Waals surface area (Å²) in [4.78, 5) is 22.6. The van der Waals surface area contributed by atoms with Gasteiger partial charge in [0, 0.05) is 0 Å². The molecule has 0 radical (unpaired) electrons. The van der Waals surface area contributed by atoms with Crippen LogP contribution in [0.5, 0.6) is 11.5 Å². The second kappa shape index (κ2) is 6.29. The van der Waals surface area contributed by atoms with Gasteiger partial charge in [0.1, 0.15) is 0 Å². The topological polar surface area (TPSA) is 87.9 Å². The molecule has 19 heavy (non-hydrogen) atoms. The lowest BCUT2D eigenvalue weighted by atomic mass is 10.2. The van der Waals surface area contributed by atoms with E-state index in [2.05, 4.69) is 0 Å². The summed E-state index contributed by atoms with van der Waals surface area (Å²) in [5.41, 5.74) is 5.14. The van der Waals surface area contributed by atoms with Crippen molar-refractivity contribution in [2.75, 3.05) is 14.2 Å². The first-order valence-corrected chi connectivity index (χ1v) is 5.70. The Morgan fingerprint density at radius 3 is 2.37 bits per heavy atom. The maximum atomic E-state index is 11.8. The highest BCUT2D eigenvalue weighted by Gasteiger charge is 2.19. The Bertz CT molecular complexity index is 503. The van der Waals surface area contributed by atoms with Crippen LogP contribution in [0.25, 0.3) is 0 Å². The SMILES string of the molecule is COc1cc(C(=O)OC(C)C(N)=O)cc(Cl)c1OC. The van der Waals surface area contributed by atoms with Gasteiger partial charge in [-0.25, -0.2) is 4.79 Å². The van der Waals surface area contributed by atoms with Crippen LogP contribution < -0.4 is 15.2 Å². The molecule has 0 fully saturated rings. The van der Waals surface area contributed by atoms with Crippen LogP contribution in [0.15, 0.2) is 12.1 Å². The van der Waals surface area contributed by atoms with Crippen LogP contribution in [-0.2, 0) is 9.53 Å². The van der Waals surface area contributed by atoms with Gasteiger partial charge in [0.25, 0.3) is 5.91 Å². The molecule has 1 aromatic rings. The number of nitrogens with two attached hydrogens (primary N) is 1. The summed E-state index contributed by atoms with van der Waals surface area (Å²) in [6.45, 7) is 1.38. The second-order valence-electron chi connectivity index (χ2n) is 3.64. The Hall–Kier alpha value is -1.95. The number of carbonyl (C=O) groups is 2. The smallest absolute Gasteiger partial charge is 0.339 e. The first kappa shape index (κ1) is 15.1. The number of methoxy groups -OCH3 is 2. The fourth-order valence-electron chi connectivity index (χ4n) is 1.32. The van der Waals surface area contributed by atoms with Crippen molar-refractivity contribution in [3.05, 3.63) is 22.7 Å². The molecule has 0 aliphatic heterocycles. The molecule has 7 heteroatoms. The number of amides is 1. The molecule has 0 bridgehead atoms. The molecule has 1 rings (SSSR count). The Balaban J connectivity index is 3.05. The molecular formula is C12H14ClNO5. The normalized spacial score (nSPS) is 11.6. The van der Waals surface area contributed by atoms with Crippen molar-refractivity contribution in [2.24, 2.45) is 5.73 Å². The van der Waals surface area contributed by atoms with Gasteiger partial charge >= 0.3 is 5.97 Å². The molecule has 1 unspecified atom stereocenters. The molecule has 0 heterocycles. The Labute approximate surface area is 115 Å². The number of benzene rings is 1. The van der Waals surface area contributed by atoms with Crippen LogP contribution in [0.1, 0.15) is 17.3 Å². The zero-order valence-electron chi connectivity index (χ0n) is 10.7. The van der Waals surface area contributed by atoms with E-state index in [-0.39, 0.29) is 16.3 Å². The molecule has 0 aromatic heterocycles. The lowest BCUT2D eigenvalue weighted by Gasteiger charge is -2.13. The molecule has 0 aliphatic rings. The van der Waals surface area contributed by atoms with Crippen molar-refractivity contribution in [3.63, 3.8) is 0 Å². The standard InChI is InChI=1S/C12H14ClNO5/c1-6(11(14)15)19-12(16)7-4-8(13)10(18-3)9(5-7)17-2/h4-6H,1-3H3,(H2,14,15). The number of carbonyl (C=O) groups excluding carboxylic acids is 2. The zero-order chi connectivity index (χ0) is 14.6. The third-order valence-corrected chi connectivity index (χ3v) is 2.63. The van der Waals surface area contributed by atoms with E-state index in [1.165, 1.54) is 33.3 Å². The quantitative estimate of drug-likeness (QED) is 0.827. The molecule has 1 amide bonds. The summed E-state index contributed by atoms with van der Waals surface area (Å²) in [5, 5.41) is 0.195. The maximum absolute atomic E-state index is 11.8. The van der Waals surface area contributed by atoms with E-state index < -0.39 is 18.0 Å². The lowest BCUT2D eigenvalue weighted by molar-refractivity contribution is -0.125. The van der Waals surface area contributed by atoms with E-state index in [4.69, 9.17) is 31.5 Å². The highest BCUT2D eigenvalue weighted by Crippen LogP contribution is 2.36. The average molecular weight is 288 g/mol. The molecular weight excluding hydrogens is 274 g/mol. The van der Waals surface area contributed by atoms with E-state index in [0.29, 0.717) is 5.75 Å². The third-order valence-electron chi connectivity index (χ3n) is 2.35. The largest absolute Gasteiger partial charge is 0.493 e. The molecule has 0 aliphatic carbocycles. The first-order valence-electron chi connectivity index (χ1n) is 5.32. The van der Waals surface area contributed by atoms with Gasteiger partial charge in [-0.15, -0.1) is 0 Å². The molecule has 104 valence electrons. The highest BCUT2D eigenvalue weighted by molar-refractivity contribution is 6.32. The summed E-state index contributed by atoms with van der Waals surface area (Å²) >= 11 is 5.95. The van der Waals surface area contributed by atoms with E-state index in [1.807, 2.05) is 0 Å². The van der Waals surface area contributed by atoms with Crippen LogP contribution in [-0.4, -0.2) is 32.2 Å². The first-order chi connectivity index (χ1) is 8.90. The van der Waals surface area contributed by atoms with E-state index in [9.17, 15) is 9.59 Å². The number of rotatable bonds is 5. The fraction of sp³-hybridized carbons (Fsp3) is 0.333. The van der Waals surface area contributed by atoms with Gasteiger partial charge in [-0.3, -0.25) is 4.79 Å². The zero-order valence-corrected chi connectivity index (χ0v) is 11.5. The summed E-state index contributed by atoms with van der Waals surface area (Å²) in [5.74, 6) is -0.869. The second-order valence-corrected chi connectivity index (χ2v) is 4.05. The van der Waals surface area contributed by atoms with Gasteiger partial charge in [0.2, 0.25) is 0 Å². The molecule has 0 saturated carbocycles. The van der Waals surface area contributed by atoms with Crippen LogP contribution in [0.2, 0.25) is 5.02 Å². The van der Waals surface area contributed by atoms with Gasteiger partial charge < -0.3 is 19.9 Å². The number of hydrogen-bond acceptors (Lipinski definition) is 5. The van der Waals surface area contributed by atoms with Crippen molar-refractivity contribution in [3.8, 4) is 11.5 Å². The Morgan fingerprint density at radius 1 is 1.26 bits per heavy atom. The van der Waals surface area contributed by atoms with Crippen molar-refractivity contribution < 1.29 is 23.8 Å². The minimum atomic E-state index is -1.03. The lowest BCUT2D eigenvalue weighted by Crippen LogP contribution is -2.30. The van der Waals surface area contributed by atoms with Gasteiger partial charge in [-0.05, 0) is 19.1 Å². The van der Waals surface area contributed by atoms with Crippen molar-refractivity contribution in [1.29, 1.82) is 0 Å². The van der Waals surface area contributed by atoms with Crippen molar-refractivity contribution in [2.45, 2.75) is 13.0 Å². The average Bonchev–Trinajstić information content (AvgIpc) is 2.37. The van der Waals surface area contributed by atoms with Crippen molar-refractivity contribution >= 4 is 23.5 Å². The van der Waals surface area contributed by atoms with E-state index >= 15 is 0 Å². The molecule has 0 saturated heterocycles. The Morgan fingerprint density at radius 2 is 1.89 bits per heavy atom. The van der Waals surface area contributed by atoms with Crippen LogP contribution >= 0.6 is 11.6 Å². The number of ether oxygens (including phenoxy) is 3. The third kappa shape index (κ3) is 3.51. The van der Waals surface area contributed by atoms with E-state index in [1.54, 1.807) is 0 Å². The number of primary amides is 1. The minimum Gasteiger partial charge on any atom is -0.493 e. The summed E-state index contributed by atoms with van der Waals surface area (Å²) in [7, 11) is 2.84. The molecule has 1 aromatic carbocycles. The molecule has 0 spiro atoms. The maximum Gasteiger partial charge on any atom is 0.339 e. The summed E-state index contributed by atoms with van der Waals surface area (Å²) in [6, 6.07) is 2.76. The van der Waals surface area contributed by atoms with Gasteiger partial charge in [-0.2, -0.15) is 0 Å². The van der Waals surface area contributed by atoms with Gasteiger partial charge in [0.15, 0.2) is 17.6 Å². The molecule has 2 N–H and O–H groups in total. The van der Waals surface area contributed by atoms with Crippen LogP contribution in [0.3, 0.4) is 0 Å². The number of halogens is 1. The van der Waals surface area contributed by atoms with Crippen LogP contribution in [0, 0.1) is 0 Å². The van der Waals surface area contributed by atoms with Crippen molar-refractivity contribution in [1.82, 2.24) is 0 Å².